The number of halogens is 3. The highest BCUT2D eigenvalue weighted by Gasteiger charge is 2.30. The molecule has 0 spiro atoms. The molecule has 0 saturated carbocycles. The Morgan fingerprint density at radius 1 is 1.36 bits per heavy atom. The SMILES string of the molecule is Cc1cc(C(F)(F)CCO)ccc1F. The van der Waals surface area contributed by atoms with E-state index in [1.165, 1.54) is 6.92 Å². The van der Waals surface area contributed by atoms with Crippen molar-refractivity contribution in [3.8, 4) is 0 Å². The van der Waals surface area contributed by atoms with Gasteiger partial charge >= 0.3 is 0 Å². The molecule has 0 aliphatic heterocycles. The summed E-state index contributed by atoms with van der Waals surface area (Å²) in [6.07, 6.45) is -0.641. The first-order chi connectivity index (χ1) is 6.47. The molecule has 0 aliphatic carbocycles. The van der Waals surface area contributed by atoms with Crippen molar-refractivity contribution in [2.45, 2.75) is 19.3 Å². The summed E-state index contributed by atoms with van der Waals surface area (Å²) in [5.41, 5.74) is -0.0782. The molecule has 0 heterocycles. The van der Waals surface area contributed by atoms with Gasteiger partial charge in [-0.3, -0.25) is 0 Å². The third-order valence-corrected chi connectivity index (χ3v) is 2.01. The van der Waals surface area contributed by atoms with Crippen molar-refractivity contribution in [1.82, 2.24) is 0 Å². The lowest BCUT2D eigenvalue weighted by molar-refractivity contribution is -0.0270. The molecular formula is C10H11F3O. The Morgan fingerprint density at radius 3 is 2.50 bits per heavy atom. The Kier molecular flexibility index (Phi) is 3.16. The van der Waals surface area contributed by atoms with Crippen molar-refractivity contribution in [3.63, 3.8) is 0 Å². The molecule has 0 atom stereocenters. The van der Waals surface area contributed by atoms with Crippen LogP contribution in [-0.4, -0.2) is 11.7 Å². The highest BCUT2D eigenvalue weighted by molar-refractivity contribution is 5.27. The summed E-state index contributed by atoms with van der Waals surface area (Å²) < 4.78 is 39.1. The Labute approximate surface area is 80.2 Å². The van der Waals surface area contributed by atoms with Crippen LogP contribution in [-0.2, 0) is 5.92 Å². The van der Waals surface area contributed by atoms with Crippen LogP contribution in [0.2, 0.25) is 0 Å². The molecule has 14 heavy (non-hydrogen) atoms. The molecule has 4 heteroatoms. The fraction of sp³-hybridized carbons (Fsp3) is 0.400. The maximum atomic E-state index is 13.2. The Hall–Kier alpha value is -1.03. The lowest BCUT2D eigenvalue weighted by Crippen LogP contribution is -2.15. The lowest BCUT2D eigenvalue weighted by atomic mass is 10.0. The maximum Gasteiger partial charge on any atom is 0.275 e. The van der Waals surface area contributed by atoms with Gasteiger partial charge < -0.3 is 5.11 Å². The van der Waals surface area contributed by atoms with E-state index in [1.807, 2.05) is 0 Å². The summed E-state index contributed by atoms with van der Waals surface area (Å²) in [5, 5.41) is 8.43. The van der Waals surface area contributed by atoms with E-state index in [2.05, 4.69) is 0 Å². The van der Waals surface area contributed by atoms with Crippen molar-refractivity contribution in [2.24, 2.45) is 0 Å². The minimum atomic E-state index is -3.09. The highest BCUT2D eigenvalue weighted by Crippen LogP contribution is 2.31. The average Bonchev–Trinajstić information content (AvgIpc) is 2.09. The fourth-order valence-electron chi connectivity index (χ4n) is 1.16. The van der Waals surface area contributed by atoms with Crippen LogP contribution in [0, 0.1) is 12.7 Å². The number of hydrogen-bond acceptors (Lipinski definition) is 1. The second-order valence-corrected chi connectivity index (χ2v) is 3.14. The van der Waals surface area contributed by atoms with E-state index in [-0.39, 0.29) is 11.1 Å². The van der Waals surface area contributed by atoms with Gasteiger partial charge in [-0.2, -0.15) is 0 Å². The molecule has 78 valence electrons. The molecule has 1 rings (SSSR count). The van der Waals surface area contributed by atoms with Gasteiger partial charge in [0.25, 0.3) is 5.92 Å². The number of rotatable bonds is 3. The van der Waals surface area contributed by atoms with E-state index in [1.54, 1.807) is 0 Å². The first-order valence-electron chi connectivity index (χ1n) is 4.22. The Morgan fingerprint density at radius 2 is 2.00 bits per heavy atom. The van der Waals surface area contributed by atoms with Crippen LogP contribution in [0.1, 0.15) is 17.5 Å². The van der Waals surface area contributed by atoms with E-state index in [4.69, 9.17) is 5.11 Å². The van der Waals surface area contributed by atoms with Crippen molar-refractivity contribution in [1.29, 1.82) is 0 Å². The van der Waals surface area contributed by atoms with Crippen molar-refractivity contribution < 1.29 is 18.3 Å². The number of aliphatic hydroxyl groups is 1. The standard InChI is InChI=1S/C10H11F3O/c1-7-6-8(2-3-9(7)11)10(12,13)4-5-14/h2-3,6,14H,4-5H2,1H3. The van der Waals surface area contributed by atoms with Gasteiger partial charge in [0, 0.05) is 18.6 Å². The summed E-state index contributed by atoms with van der Waals surface area (Å²) in [5.74, 6) is -3.60. The summed E-state index contributed by atoms with van der Waals surface area (Å²) in [7, 11) is 0. The molecule has 0 amide bonds. The van der Waals surface area contributed by atoms with E-state index < -0.39 is 24.8 Å². The van der Waals surface area contributed by atoms with Crippen LogP contribution in [0.25, 0.3) is 0 Å². The summed E-state index contributed by atoms with van der Waals surface area (Å²) in [6.45, 7) is 0.831. The van der Waals surface area contributed by atoms with Gasteiger partial charge in [0.2, 0.25) is 0 Å². The molecule has 1 N–H and O–H groups in total. The van der Waals surface area contributed by atoms with Crippen LogP contribution in [0.15, 0.2) is 18.2 Å². The van der Waals surface area contributed by atoms with Gasteiger partial charge in [-0.05, 0) is 24.6 Å². The molecule has 0 bridgehead atoms. The molecule has 0 radical (unpaired) electrons. The molecule has 0 aromatic heterocycles. The van der Waals surface area contributed by atoms with Gasteiger partial charge in [0.05, 0.1) is 0 Å². The van der Waals surface area contributed by atoms with E-state index in [9.17, 15) is 13.2 Å². The maximum absolute atomic E-state index is 13.2. The first kappa shape index (κ1) is 11.0. The third kappa shape index (κ3) is 2.26. The molecule has 1 nitrogen and oxygen atoms in total. The topological polar surface area (TPSA) is 20.2 Å². The Balaban J connectivity index is 3.01. The number of benzene rings is 1. The van der Waals surface area contributed by atoms with Gasteiger partial charge in [-0.25, -0.2) is 13.2 Å². The zero-order valence-electron chi connectivity index (χ0n) is 7.73. The average molecular weight is 204 g/mol. The van der Waals surface area contributed by atoms with Crippen LogP contribution in [0.5, 0.6) is 0 Å². The van der Waals surface area contributed by atoms with Crippen LogP contribution < -0.4 is 0 Å². The highest BCUT2D eigenvalue weighted by atomic mass is 19.3. The second kappa shape index (κ2) is 4.00. The minimum Gasteiger partial charge on any atom is -0.396 e. The van der Waals surface area contributed by atoms with E-state index in [0.29, 0.717) is 0 Å². The summed E-state index contributed by atoms with van der Waals surface area (Å²) in [6, 6.07) is 3.15. The molecular weight excluding hydrogens is 193 g/mol. The fourth-order valence-corrected chi connectivity index (χ4v) is 1.16. The quantitative estimate of drug-likeness (QED) is 0.802. The van der Waals surface area contributed by atoms with Gasteiger partial charge in [-0.1, -0.05) is 6.07 Å². The smallest absolute Gasteiger partial charge is 0.275 e. The summed E-state index contributed by atoms with van der Waals surface area (Å²) >= 11 is 0. The Bertz CT molecular complexity index is 323. The molecule has 0 aliphatic rings. The normalized spacial score (nSPS) is 11.8. The predicted molar refractivity (Wildman–Crippen MR) is 46.7 cm³/mol. The molecule has 0 fully saturated rings. The van der Waals surface area contributed by atoms with Crippen molar-refractivity contribution in [3.05, 3.63) is 35.1 Å². The first-order valence-corrected chi connectivity index (χ1v) is 4.22. The van der Waals surface area contributed by atoms with Crippen molar-refractivity contribution >= 4 is 0 Å². The number of alkyl halides is 2. The molecule has 1 aromatic rings. The largest absolute Gasteiger partial charge is 0.396 e. The molecule has 1 aromatic carbocycles. The van der Waals surface area contributed by atoms with Gasteiger partial charge in [0.1, 0.15) is 5.82 Å². The van der Waals surface area contributed by atoms with E-state index >= 15 is 0 Å². The lowest BCUT2D eigenvalue weighted by Gasteiger charge is -2.15. The van der Waals surface area contributed by atoms with Crippen LogP contribution in [0.4, 0.5) is 13.2 Å². The monoisotopic (exact) mass is 204 g/mol. The van der Waals surface area contributed by atoms with Gasteiger partial charge in [-0.15, -0.1) is 0 Å². The van der Waals surface area contributed by atoms with Crippen LogP contribution in [0.3, 0.4) is 0 Å². The molecule has 0 unspecified atom stereocenters. The summed E-state index contributed by atoms with van der Waals surface area (Å²) in [4.78, 5) is 0. The zero-order valence-corrected chi connectivity index (χ0v) is 7.73. The van der Waals surface area contributed by atoms with Gasteiger partial charge in [0.15, 0.2) is 0 Å². The van der Waals surface area contributed by atoms with Crippen LogP contribution >= 0.6 is 0 Å². The van der Waals surface area contributed by atoms with E-state index in [0.717, 1.165) is 18.2 Å². The minimum absolute atomic E-state index is 0.181. The van der Waals surface area contributed by atoms with Crippen molar-refractivity contribution in [2.75, 3.05) is 6.61 Å². The number of aryl methyl sites for hydroxylation is 1. The second-order valence-electron chi connectivity index (χ2n) is 3.14. The number of hydrogen-bond donors (Lipinski definition) is 1. The zero-order chi connectivity index (χ0) is 10.8. The molecule has 0 saturated heterocycles. The third-order valence-electron chi connectivity index (χ3n) is 2.01. The predicted octanol–water partition coefficient (Wildman–Crippen LogP) is 2.61. The number of aliphatic hydroxyl groups excluding tert-OH is 1.